The van der Waals surface area contributed by atoms with Crippen LogP contribution in [0.15, 0.2) is 12.1 Å². The van der Waals surface area contributed by atoms with Crippen LogP contribution in [0.2, 0.25) is 0 Å². The Labute approximate surface area is 89.3 Å². The van der Waals surface area contributed by atoms with Gasteiger partial charge in [0.25, 0.3) is 5.91 Å². The molecule has 0 aliphatic carbocycles. The first-order valence-corrected chi connectivity index (χ1v) is 4.85. The van der Waals surface area contributed by atoms with E-state index < -0.39 is 0 Å². The molecular formula is C10H16N4O. The van der Waals surface area contributed by atoms with Gasteiger partial charge in [0.1, 0.15) is 5.82 Å². The summed E-state index contributed by atoms with van der Waals surface area (Å²) >= 11 is 0. The summed E-state index contributed by atoms with van der Waals surface area (Å²) in [6.45, 7) is 4.81. The highest BCUT2D eigenvalue weighted by Gasteiger charge is 2.14. The van der Waals surface area contributed by atoms with E-state index in [1.54, 1.807) is 24.1 Å². The highest BCUT2D eigenvalue weighted by Crippen LogP contribution is 2.03. The summed E-state index contributed by atoms with van der Waals surface area (Å²) in [5, 5.41) is 7.38. The average Bonchev–Trinajstić information content (AvgIpc) is 2.17. The number of carbonyl (C=O) groups is 1. The molecule has 0 aliphatic heterocycles. The van der Waals surface area contributed by atoms with E-state index in [4.69, 9.17) is 5.73 Å². The van der Waals surface area contributed by atoms with Crippen LogP contribution in [0.5, 0.6) is 0 Å². The number of hydrogen-bond donors (Lipinski definition) is 1. The maximum atomic E-state index is 11.8. The highest BCUT2D eigenvalue weighted by atomic mass is 16.2. The Bertz CT molecular complexity index is 334. The fourth-order valence-corrected chi connectivity index (χ4v) is 1.28. The average molecular weight is 208 g/mol. The second-order valence-electron chi connectivity index (χ2n) is 3.92. The van der Waals surface area contributed by atoms with Crippen LogP contribution in [0.25, 0.3) is 0 Å². The van der Waals surface area contributed by atoms with Crippen LogP contribution < -0.4 is 5.73 Å². The number of amides is 1. The van der Waals surface area contributed by atoms with Crippen molar-refractivity contribution < 1.29 is 4.79 Å². The van der Waals surface area contributed by atoms with Gasteiger partial charge in [-0.3, -0.25) is 4.79 Å². The van der Waals surface area contributed by atoms with Gasteiger partial charge in [-0.2, -0.15) is 0 Å². The van der Waals surface area contributed by atoms with Gasteiger partial charge in [-0.25, -0.2) is 0 Å². The Balaban J connectivity index is 2.72. The molecule has 1 aromatic heterocycles. The molecule has 0 fully saturated rings. The molecule has 0 aliphatic rings. The third kappa shape index (κ3) is 3.19. The van der Waals surface area contributed by atoms with Crippen molar-refractivity contribution in [3.05, 3.63) is 17.8 Å². The zero-order chi connectivity index (χ0) is 11.4. The number of anilines is 1. The lowest BCUT2D eigenvalue weighted by Crippen LogP contribution is -2.31. The second-order valence-corrected chi connectivity index (χ2v) is 3.92. The minimum absolute atomic E-state index is 0.129. The molecule has 82 valence electrons. The third-order valence-corrected chi connectivity index (χ3v) is 1.89. The van der Waals surface area contributed by atoms with Crippen molar-refractivity contribution in [1.82, 2.24) is 15.1 Å². The number of hydrogen-bond acceptors (Lipinski definition) is 4. The van der Waals surface area contributed by atoms with E-state index >= 15 is 0 Å². The summed E-state index contributed by atoms with van der Waals surface area (Å²) in [7, 11) is 1.75. The minimum Gasteiger partial charge on any atom is -0.382 e. The summed E-state index contributed by atoms with van der Waals surface area (Å²) in [5.74, 6) is 0.620. The molecule has 1 rings (SSSR count). The van der Waals surface area contributed by atoms with Gasteiger partial charge in [0, 0.05) is 13.6 Å². The van der Waals surface area contributed by atoms with Crippen molar-refractivity contribution in [3.8, 4) is 0 Å². The standard InChI is InChI=1S/C10H16N4O/c1-7(2)6-14(3)10(15)8-4-5-9(11)13-12-8/h4-5,7H,6H2,1-3H3,(H2,11,13). The minimum atomic E-state index is -0.129. The van der Waals surface area contributed by atoms with Gasteiger partial charge in [-0.05, 0) is 18.1 Å². The lowest BCUT2D eigenvalue weighted by atomic mass is 10.2. The molecule has 0 spiro atoms. The summed E-state index contributed by atoms with van der Waals surface area (Å²) < 4.78 is 0. The van der Waals surface area contributed by atoms with Crippen LogP contribution in [-0.4, -0.2) is 34.6 Å². The summed E-state index contributed by atoms with van der Waals surface area (Å²) in [6.07, 6.45) is 0. The van der Waals surface area contributed by atoms with Crippen LogP contribution in [0.4, 0.5) is 5.82 Å². The van der Waals surface area contributed by atoms with E-state index in [2.05, 4.69) is 24.0 Å². The van der Waals surface area contributed by atoms with Crippen molar-refractivity contribution in [2.75, 3.05) is 19.3 Å². The van der Waals surface area contributed by atoms with Gasteiger partial charge in [-0.15, -0.1) is 10.2 Å². The van der Waals surface area contributed by atoms with E-state index in [-0.39, 0.29) is 5.91 Å². The van der Waals surface area contributed by atoms with Crippen molar-refractivity contribution in [1.29, 1.82) is 0 Å². The number of aromatic nitrogens is 2. The van der Waals surface area contributed by atoms with Gasteiger partial charge < -0.3 is 10.6 Å². The predicted octanol–water partition coefficient (Wildman–Crippen LogP) is 0.787. The number of rotatable bonds is 3. The zero-order valence-electron chi connectivity index (χ0n) is 9.27. The number of nitrogens with two attached hydrogens (primary N) is 1. The van der Waals surface area contributed by atoms with Crippen molar-refractivity contribution in [3.63, 3.8) is 0 Å². The summed E-state index contributed by atoms with van der Waals surface area (Å²) in [6, 6.07) is 3.16. The Morgan fingerprint density at radius 1 is 1.47 bits per heavy atom. The van der Waals surface area contributed by atoms with Crippen LogP contribution in [0.1, 0.15) is 24.3 Å². The molecule has 1 heterocycles. The van der Waals surface area contributed by atoms with E-state index in [9.17, 15) is 4.79 Å². The molecule has 0 unspecified atom stereocenters. The summed E-state index contributed by atoms with van der Waals surface area (Å²) in [5.41, 5.74) is 5.71. The highest BCUT2D eigenvalue weighted by molar-refractivity contribution is 5.92. The number of nitrogen functional groups attached to an aromatic ring is 1. The Hall–Kier alpha value is -1.65. The first-order chi connectivity index (χ1) is 7.00. The molecular weight excluding hydrogens is 192 g/mol. The predicted molar refractivity (Wildman–Crippen MR) is 58.2 cm³/mol. The number of nitrogens with zero attached hydrogens (tertiary/aromatic N) is 3. The largest absolute Gasteiger partial charge is 0.382 e. The lowest BCUT2D eigenvalue weighted by molar-refractivity contribution is 0.0772. The van der Waals surface area contributed by atoms with Gasteiger partial charge in [0.15, 0.2) is 5.69 Å². The van der Waals surface area contributed by atoms with Crippen LogP contribution in [0, 0.1) is 5.92 Å². The SMILES string of the molecule is CC(C)CN(C)C(=O)c1ccc(N)nn1. The first-order valence-electron chi connectivity index (χ1n) is 4.85. The van der Waals surface area contributed by atoms with Gasteiger partial charge in [-0.1, -0.05) is 13.8 Å². The molecule has 0 bridgehead atoms. The normalized spacial score (nSPS) is 10.4. The molecule has 0 atom stereocenters. The molecule has 5 nitrogen and oxygen atoms in total. The molecule has 0 radical (unpaired) electrons. The molecule has 0 aromatic carbocycles. The molecule has 5 heteroatoms. The lowest BCUT2D eigenvalue weighted by Gasteiger charge is -2.18. The third-order valence-electron chi connectivity index (χ3n) is 1.89. The van der Waals surface area contributed by atoms with E-state index in [0.29, 0.717) is 24.0 Å². The number of carbonyl (C=O) groups excluding carboxylic acids is 1. The van der Waals surface area contributed by atoms with Gasteiger partial charge in [0.2, 0.25) is 0 Å². The van der Waals surface area contributed by atoms with E-state index in [1.807, 2.05) is 0 Å². The second kappa shape index (κ2) is 4.72. The Morgan fingerprint density at radius 3 is 2.60 bits per heavy atom. The summed E-state index contributed by atoms with van der Waals surface area (Å²) in [4.78, 5) is 13.4. The fraction of sp³-hybridized carbons (Fsp3) is 0.500. The maximum absolute atomic E-state index is 11.8. The van der Waals surface area contributed by atoms with Gasteiger partial charge >= 0.3 is 0 Å². The van der Waals surface area contributed by atoms with Crippen LogP contribution >= 0.6 is 0 Å². The molecule has 1 amide bonds. The molecule has 2 N–H and O–H groups in total. The molecule has 1 aromatic rings. The van der Waals surface area contributed by atoms with Crippen LogP contribution in [0.3, 0.4) is 0 Å². The quantitative estimate of drug-likeness (QED) is 0.797. The smallest absolute Gasteiger partial charge is 0.274 e. The van der Waals surface area contributed by atoms with Gasteiger partial charge in [0.05, 0.1) is 0 Å². The molecule has 0 saturated heterocycles. The fourth-order valence-electron chi connectivity index (χ4n) is 1.28. The maximum Gasteiger partial charge on any atom is 0.274 e. The van der Waals surface area contributed by atoms with Crippen molar-refractivity contribution in [2.45, 2.75) is 13.8 Å². The van der Waals surface area contributed by atoms with Crippen molar-refractivity contribution >= 4 is 11.7 Å². The Morgan fingerprint density at radius 2 is 2.13 bits per heavy atom. The molecule has 0 saturated carbocycles. The first kappa shape index (κ1) is 11.4. The van der Waals surface area contributed by atoms with Crippen molar-refractivity contribution in [2.24, 2.45) is 5.92 Å². The van der Waals surface area contributed by atoms with Crippen LogP contribution in [-0.2, 0) is 0 Å². The topological polar surface area (TPSA) is 72.1 Å². The monoisotopic (exact) mass is 208 g/mol. The van der Waals surface area contributed by atoms with E-state index in [1.165, 1.54) is 0 Å². The zero-order valence-corrected chi connectivity index (χ0v) is 9.27. The Kier molecular flexibility index (Phi) is 3.60. The van der Waals surface area contributed by atoms with E-state index in [0.717, 1.165) is 0 Å². The molecule has 15 heavy (non-hydrogen) atoms.